The Labute approximate surface area is 84.1 Å². The van der Waals surface area contributed by atoms with Crippen LogP contribution in [0.15, 0.2) is 0 Å². The Balaban J connectivity index is 1.92. The second-order valence-electron chi connectivity index (χ2n) is 3.88. The molecule has 2 aliphatic rings. The number of nitrogens with zero attached hydrogens (tertiary/aromatic N) is 1. The molecule has 2 fully saturated rings. The van der Waals surface area contributed by atoms with E-state index in [2.05, 4.69) is 4.90 Å². The Morgan fingerprint density at radius 2 is 2.00 bits per heavy atom. The molecule has 0 amide bonds. The van der Waals surface area contributed by atoms with E-state index >= 15 is 0 Å². The molecule has 2 nitrogen and oxygen atoms in total. The van der Waals surface area contributed by atoms with Gasteiger partial charge in [0.1, 0.15) is 5.78 Å². The average Bonchev–Trinajstić information content (AvgIpc) is 2.20. The SMILES string of the molecule is O=C1CCCC[C@@H]1N1CCSCC1. The van der Waals surface area contributed by atoms with Crippen molar-refractivity contribution in [1.82, 2.24) is 4.90 Å². The van der Waals surface area contributed by atoms with Crippen molar-refractivity contribution in [3.8, 4) is 0 Å². The first-order valence-electron chi connectivity index (χ1n) is 5.22. The summed E-state index contributed by atoms with van der Waals surface area (Å²) in [4.78, 5) is 14.0. The van der Waals surface area contributed by atoms with Gasteiger partial charge in [-0.2, -0.15) is 11.8 Å². The van der Waals surface area contributed by atoms with Gasteiger partial charge in [0.05, 0.1) is 6.04 Å². The maximum Gasteiger partial charge on any atom is 0.149 e. The largest absolute Gasteiger partial charge is 0.298 e. The van der Waals surface area contributed by atoms with Crippen LogP contribution >= 0.6 is 11.8 Å². The molecule has 0 aromatic heterocycles. The minimum atomic E-state index is 0.287. The van der Waals surface area contributed by atoms with E-state index < -0.39 is 0 Å². The van der Waals surface area contributed by atoms with Crippen molar-refractivity contribution in [1.29, 1.82) is 0 Å². The maximum atomic E-state index is 11.6. The zero-order valence-electron chi connectivity index (χ0n) is 8.00. The highest BCUT2D eigenvalue weighted by Gasteiger charge is 2.28. The fourth-order valence-electron chi connectivity index (χ4n) is 2.24. The lowest BCUT2D eigenvalue weighted by Crippen LogP contribution is -2.46. The van der Waals surface area contributed by atoms with Crippen LogP contribution in [-0.4, -0.2) is 41.3 Å². The maximum absolute atomic E-state index is 11.6. The van der Waals surface area contributed by atoms with Crippen LogP contribution in [0, 0.1) is 0 Å². The van der Waals surface area contributed by atoms with E-state index in [-0.39, 0.29) is 6.04 Å². The van der Waals surface area contributed by atoms with Crippen LogP contribution in [0.25, 0.3) is 0 Å². The van der Waals surface area contributed by atoms with Gasteiger partial charge in [0.2, 0.25) is 0 Å². The second-order valence-corrected chi connectivity index (χ2v) is 5.10. The molecule has 0 spiro atoms. The summed E-state index contributed by atoms with van der Waals surface area (Å²) in [5.41, 5.74) is 0. The van der Waals surface area contributed by atoms with E-state index in [4.69, 9.17) is 0 Å². The van der Waals surface area contributed by atoms with Gasteiger partial charge < -0.3 is 0 Å². The Morgan fingerprint density at radius 1 is 1.23 bits per heavy atom. The zero-order chi connectivity index (χ0) is 9.10. The lowest BCUT2D eigenvalue weighted by Gasteiger charge is -2.35. The van der Waals surface area contributed by atoms with Crippen LogP contribution in [0.2, 0.25) is 0 Å². The van der Waals surface area contributed by atoms with Gasteiger partial charge in [-0.3, -0.25) is 9.69 Å². The van der Waals surface area contributed by atoms with Crippen LogP contribution < -0.4 is 0 Å². The summed E-state index contributed by atoms with van der Waals surface area (Å²) in [5, 5.41) is 0. The average molecular weight is 199 g/mol. The van der Waals surface area contributed by atoms with Crippen molar-refractivity contribution in [2.45, 2.75) is 31.7 Å². The van der Waals surface area contributed by atoms with Crippen molar-refractivity contribution >= 4 is 17.5 Å². The van der Waals surface area contributed by atoms with Crippen LogP contribution in [0.4, 0.5) is 0 Å². The molecule has 1 aliphatic heterocycles. The minimum absolute atomic E-state index is 0.287. The van der Waals surface area contributed by atoms with E-state index in [1.807, 2.05) is 11.8 Å². The quantitative estimate of drug-likeness (QED) is 0.639. The smallest absolute Gasteiger partial charge is 0.149 e. The number of thioether (sulfide) groups is 1. The first kappa shape index (κ1) is 9.53. The molecule has 0 bridgehead atoms. The van der Waals surface area contributed by atoms with E-state index in [9.17, 15) is 4.79 Å². The molecule has 1 heterocycles. The number of rotatable bonds is 1. The first-order valence-corrected chi connectivity index (χ1v) is 6.38. The number of carbonyl (C=O) groups is 1. The van der Waals surface area contributed by atoms with Gasteiger partial charge in [0.15, 0.2) is 0 Å². The van der Waals surface area contributed by atoms with E-state index in [1.54, 1.807) is 0 Å². The van der Waals surface area contributed by atoms with Crippen molar-refractivity contribution in [2.24, 2.45) is 0 Å². The summed E-state index contributed by atoms with van der Waals surface area (Å²) in [7, 11) is 0. The predicted molar refractivity (Wildman–Crippen MR) is 56.2 cm³/mol. The Hall–Kier alpha value is -0.0200. The summed E-state index contributed by atoms with van der Waals surface area (Å²) < 4.78 is 0. The van der Waals surface area contributed by atoms with Crippen LogP contribution in [-0.2, 0) is 4.79 Å². The third kappa shape index (κ3) is 2.26. The molecule has 1 atom stereocenters. The fraction of sp³-hybridized carbons (Fsp3) is 0.900. The lowest BCUT2D eigenvalue weighted by molar-refractivity contribution is -0.126. The van der Waals surface area contributed by atoms with Gasteiger partial charge in [-0.1, -0.05) is 6.42 Å². The lowest BCUT2D eigenvalue weighted by atomic mass is 9.93. The molecule has 2 rings (SSSR count). The van der Waals surface area contributed by atoms with Crippen LogP contribution in [0.5, 0.6) is 0 Å². The topological polar surface area (TPSA) is 20.3 Å². The van der Waals surface area contributed by atoms with Crippen molar-refractivity contribution in [3.05, 3.63) is 0 Å². The normalized spacial score (nSPS) is 32.0. The highest BCUT2D eigenvalue weighted by molar-refractivity contribution is 7.99. The minimum Gasteiger partial charge on any atom is -0.298 e. The van der Waals surface area contributed by atoms with Gasteiger partial charge in [-0.15, -0.1) is 0 Å². The van der Waals surface area contributed by atoms with Crippen LogP contribution in [0.1, 0.15) is 25.7 Å². The predicted octanol–water partition coefficient (Wildman–Crippen LogP) is 1.55. The van der Waals surface area contributed by atoms with Gasteiger partial charge in [0, 0.05) is 31.0 Å². The molecular weight excluding hydrogens is 182 g/mol. The third-order valence-corrected chi connectivity index (χ3v) is 3.95. The zero-order valence-corrected chi connectivity index (χ0v) is 8.81. The molecule has 1 saturated heterocycles. The summed E-state index contributed by atoms with van der Waals surface area (Å²) >= 11 is 2.01. The number of hydrogen-bond donors (Lipinski definition) is 0. The standard InChI is InChI=1S/C10H17NOS/c12-10-4-2-1-3-9(10)11-5-7-13-8-6-11/h9H,1-8H2/t9-/m0/s1. The van der Waals surface area contributed by atoms with Gasteiger partial charge in [-0.25, -0.2) is 0 Å². The van der Waals surface area contributed by atoms with Crippen molar-refractivity contribution in [3.63, 3.8) is 0 Å². The van der Waals surface area contributed by atoms with Crippen molar-refractivity contribution < 1.29 is 4.79 Å². The van der Waals surface area contributed by atoms with Gasteiger partial charge >= 0.3 is 0 Å². The van der Waals surface area contributed by atoms with E-state index in [1.165, 1.54) is 17.9 Å². The highest BCUT2D eigenvalue weighted by Crippen LogP contribution is 2.22. The number of Topliss-reactive ketones (excluding diaryl/α,β-unsaturated/α-hetero) is 1. The molecule has 0 N–H and O–H groups in total. The Morgan fingerprint density at radius 3 is 2.69 bits per heavy atom. The molecular formula is C10H17NOS. The number of hydrogen-bond acceptors (Lipinski definition) is 3. The van der Waals surface area contributed by atoms with Crippen molar-refractivity contribution in [2.75, 3.05) is 24.6 Å². The molecule has 74 valence electrons. The first-order chi connectivity index (χ1) is 6.38. The molecule has 0 radical (unpaired) electrons. The summed E-state index contributed by atoms with van der Waals surface area (Å²) in [6.07, 6.45) is 4.32. The Kier molecular flexibility index (Phi) is 3.28. The molecule has 0 aromatic carbocycles. The summed E-state index contributed by atoms with van der Waals surface area (Å²) in [6, 6.07) is 0.287. The van der Waals surface area contributed by atoms with E-state index in [0.29, 0.717) is 5.78 Å². The number of carbonyl (C=O) groups excluding carboxylic acids is 1. The summed E-state index contributed by atoms with van der Waals surface area (Å²) in [6.45, 7) is 2.25. The molecule has 1 aliphatic carbocycles. The fourth-order valence-corrected chi connectivity index (χ4v) is 3.17. The summed E-state index contributed by atoms with van der Waals surface area (Å²) in [5.74, 6) is 2.92. The van der Waals surface area contributed by atoms with E-state index in [0.717, 1.165) is 32.4 Å². The monoisotopic (exact) mass is 199 g/mol. The second kappa shape index (κ2) is 4.47. The molecule has 13 heavy (non-hydrogen) atoms. The molecule has 3 heteroatoms. The van der Waals surface area contributed by atoms with Gasteiger partial charge in [0.25, 0.3) is 0 Å². The molecule has 1 saturated carbocycles. The highest BCUT2D eigenvalue weighted by atomic mass is 32.2. The Bertz CT molecular complexity index is 189. The van der Waals surface area contributed by atoms with Gasteiger partial charge in [-0.05, 0) is 12.8 Å². The third-order valence-electron chi connectivity index (χ3n) is 3.01. The molecule has 0 unspecified atom stereocenters. The van der Waals surface area contributed by atoms with Crippen LogP contribution in [0.3, 0.4) is 0 Å². The molecule has 0 aromatic rings. The number of ketones is 1.